The first-order valence-electron chi connectivity index (χ1n) is 7.73. The number of carbonyl (C=O) groups is 1. The van der Waals surface area contributed by atoms with Gasteiger partial charge in [-0.2, -0.15) is 0 Å². The molecule has 0 saturated carbocycles. The van der Waals surface area contributed by atoms with Crippen LogP contribution in [0.2, 0.25) is 5.02 Å². The molecule has 2 aromatic rings. The second-order valence-electron chi connectivity index (χ2n) is 5.82. The highest BCUT2D eigenvalue weighted by Gasteiger charge is 2.22. The Bertz CT molecular complexity index is 679. The molecule has 4 nitrogen and oxygen atoms in total. The summed E-state index contributed by atoms with van der Waals surface area (Å²) in [5.74, 6) is 0.0552. The molecule has 0 aromatic heterocycles. The summed E-state index contributed by atoms with van der Waals surface area (Å²) in [6.07, 6.45) is 0. The zero-order valence-corrected chi connectivity index (χ0v) is 13.7. The standard InChI is InChI=1S/C18H20ClN3O/c19-16-3-1-2-15(12-16)18(23)22-10-8-21(9-11-22)13-14-4-6-17(20)7-5-14/h1-7,12H,8-11,13,20H2. The van der Waals surface area contributed by atoms with Gasteiger partial charge in [-0.25, -0.2) is 0 Å². The maximum absolute atomic E-state index is 12.5. The van der Waals surface area contributed by atoms with Crippen molar-refractivity contribution < 1.29 is 4.79 Å². The van der Waals surface area contributed by atoms with Crippen LogP contribution in [0.25, 0.3) is 0 Å². The number of hydrogen-bond acceptors (Lipinski definition) is 3. The molecular formula is C18H20ClN3O. The van der Waals surface area contributed by atoms with Crippen LogP contribution in [0.1, 0.15) is 15.9 Å². The lowest BCUT2D eigenvalue weighted by atomic mass is 10.1. The lowest BCUT2D eigenvalue weighted by molar-refractivity contribution is 0.0628. The summed E-state index contributed by atoms with van der Waals surface area (Å²) in [5, 5.41) is 0.595. The van der Waals surface area contributed by atoms with Gasteiger partial charge in [-0.15, -0.1) is 0 Å². The van der Waals surface area contributed by atoms with Crippen molar-refractivity contribution in [3.63, 3.8) is 0 Å². The molecular weight excluding hydrogens is 310 g/mol. The minimum Gasteiger partial charge on any atom is -0.399 e. The topological polar surface area (TPSA) is 49.6 Å². The van der Waals surface area contributed by atoms with Crippen molar-refractivity contribution in [3.8, 4) is 0 Å². The van der Waals surface area contributed by atoms with Crippen LogP contribution in [-0.2, 0) is 6.54 Å². The number of carbonyl (C=O) groups excluding carboxylic acids is 1. The molecule has 0 aliphatic carbocycles. The third kappa shape index (κ3) is 4.03. The molecule has 1 saturated heterocycles. The fourth-order valence-electron chi connectivity index (χ4n) is 2.79. The highest BCUT2D eigenvalue weighted by Crippen LogP contribution is 2.15. The molecule has 1 heterocycles. The summed E-state index contributed by atoms with van der Waals surface area (Å²) >= 11 is 5.96. The average Bonchev–Trinajstić information content (AvgIpc) is 2.57. The average molecular weight is 330 g/mol. The molecule has 3 rings (SSSR count). The number of nitrogens with two attached hydrogens (primary N) is 1. The Morgan fingerprint density at radius 2 is 1.74 bits per heavy atom. The van der Waals surface area contributed by atoms with Crippen molar-refractivity contribution >= 4 is 23.2 Å². The number of rotatable bonds is 3. The van der Waals surface area contributed by atoms with Crippen molar-refractivity contribution in [3.05, 3.63) is 64.7 Å². The molecule has 2 aromatic carbocycles. The van der Waals surface area contributed by atoms with Crippen LogP contribution >= 0.6 is 11.6 Å². The molecule has 5 heteroatoms. The van der Waals surface area contributed by atoms with Crippen molar-refractivity contribution in [2.45, 2.75) is 6.54 Å². The van der Waals surface area contributed by atoms with Crippen molar-refractivity contribution in [1.82, 2.24) is 9.80 Å². The van der Waals surface area contributed by atoms with Gasteiger partial charge >= 0.3 is 0 Å². The van der Waals surface area contributed by atoms with Gasteiger partial charge in [-0.3, -0.25) is 9.69 Å². The molecule has 1 aliphatic rings. The van der Waals surface area contributed by atoms with Gasteiger partial charge in [-0.1, -0.05) is 29.8 Å². The Kier molecular flexibility index (Phi) is 4.84. The van der Waals surface area contributed by atoms with Crippen LogP contribution < -0.4 is 5.73 Å². The van der Waals surface area contributed by atoms with Crippen LogP contribution in [0.15, 0.2) is 48.5 Å². The minimum absolute atomic E-state index is 0.0552. The molecule has 0 spiro atoms. The second kappa shape index (κ2) is 7.02. The second-order valence-corrected chi connectivity index (χ2v) is 6.26. The number of nitrogens with zero attached hydrogens (tertiary/aromatic N) is 2. The minimum atomic E-state index is 0.0552. The predicted molar refractivity (Wildman–Crippen MR) is 93.5 cm³/mol. The summed E-state index contributed by atoms with van der Waals surface area (Å²) in [5.41, 5.74) is 8.39. The Hall–Kier alpha value is -2.04. The quantitative estimate of drug-likeness (QED) is 0.881. The number of piperazine rings is 1. The molecule has 0 radical (unpaired) electrons. The van der Waals surface area contributed by atoms with Crippen LogP contribution in [0.3, 0.4) is 0 Å². The van der Waals surface area contributed by atoms with Gasteiger partial charge in [0.15, 0.2) is 0 Å². The van der Waals surface area contributed by atoms with Crippen LogP contribution in [0.4, 0.5) is 5.69 Å². The molecule has 0 atom stereocenters. The molecule has 1 aliphatic heterocycles. The Morgan fingerprint density at radius 3 is 2.39 bits per heavy atom. The first-order chi connectivity index (χ1) is 11.1. The normalized spacial score (nSPS) is 15.6. The van der Waals surface area contributed by atoms with Crippen molar-refractivity contribution in [2.75, 3.05) is 31.9 Å². The predicted octanol–water partition coefficient (Wildman–Crippen LogP) is 2.88. The summed E-state index contributed by atoms with van der Waals surface area (Å²) in [4.78, 5) is 16.7. The number of benzene rings is 2. The van der Waals surface area contributed by atoms with E-state index >= 15 is 0 Å². The van der Waals surface area contributed by atoms with E-state index in [0.29, 0.717) is 10.6 Å². The number of halogens is 1. The molecule has 120 valence electrons. The highest BCUT2D eigenvalue weighted by molar-refractivity contribution is 6.30. The van der Waals surface area contributed by atoms with E-state index in [0.717, 1.165) is 38.4 Å². The Labute approximate surface area is 141 Å². The third-order valence-corrected chi connectivity index (χ3v) is 4.35. The lowest BCUT2D eigenvalue weighted by Crippen LogP contribution is -2.48. The fraction of sp³-hybridized carbons (Fsp3) is 0.278. The zero-order chi connectivity index (χ0) is 16.2. The number of amides is 1. The largest absolute Gasteiger partial charge is 0.399 e. The first-order valence-corrected chi connectivity index (χ1v) is 8.11. The lowest BCUT2D eigenvalue weighted by Gasteiger charge is -2.34. The molecule has 1 amide bonds. The summed E-state index contributed by atoms with van der Waals surface area (Å²) in [7, 11) is 0. The van der Waals surface area contributed by atoms with E-state index in [9.17, 15) is 4.79 Å². The first kappa shape index (κ1) is 15.8. The van der Waals surface area contributed by atoms with E-state index in [4.69, 9.17) is 17.3 Å². The molecule has 0 unspecified atom stereocenters. The van der Waals surface area contributed by atoms with E-state index in [1.807, 2.05) is 29.2 Å². The molecule has 2 N–H and O–H groups in total. The van der Waals surface area contributed by atoms with E-state index in [-0.39, 0.29) is 5.91 Å². The summed E-state index contributed by atoms with van der Waals surface area (Å²) in [6, 6.07) is 15.1. The maximum atomic E-state index is 12.5. The van der Waals surface area contributed by atoms with Crippen molar-refractivity contribution in [1.29, 1.82) is 0 Å². The van der Waals surface area contributed by atoms with Crippen LogP contribution in [0, 0.1) is 0 Å². The Morgan fingerprint density at radius 1 is 1.04 bits per heavy atom. The van der Waals surface area contributed by atoms with E-state index in [1.54, 1.807) is 12.1 Å². The Balaban J connectivity index is 1.55. The van der Waals surface area contributed by atoms with Crippen LogP contribution in [-0.4, -0.2) is 41.9 Å². The highest BCUT2D eigenvalue weighted by atomic mass is 35.5. The number of anilines is 1. The smallest absolute Gasteiger partial charge is 0.253 e. The van der Waals surface area contributed by atoms with Crippen molar-refractivity contribution in [2.24, 2.45) is 0 Å². The van der Waals surface area contributed by atoms with E-state index in [1.165, 1.54) is 5.56 Å². The fourth-order valence-corrected chi connectivity index (χ4v) is 2.98. The number of nitrogen functional groups attached to an aromatic ring is 1. The molecule has 1 fully saturated rings. The molecule has 0 bridgehead atoms. The third-order valence-electron chi connectivity index (χ3n) is 4.12. The summed E-state index contributed by atoms with van der Waals surface area (Å²) in [6.45, 7) is 4.10. The SMILES string of the molecule is Nc1ccc(CN2CCN(C(=O)c3cccc(Cl)c3)CC2)cc1. The number of hydrogen-bond donors (Lipinski definition) is 1. The van der Waals surface area contributed by atoms with Gasteiger partial charge < -0.3 is 10.6 Å². The van der Waals surface area contributed by atoms with E-state index in [2.05, 4.69) is 17.0 Å². The van der Waals surface area contributed by atoms with Gasteiger partial charge in [0.25, 0.3) is 5.91 Å². The van der Waals surface area contributed by atoms with Gasteiger partial charge in [0.2, 0.25) is 0 Å². The van der Waals surface area contributed by atoms with E-state index < -0.39 is 0 Å². The van der Waals surface area contributed by atoms with Gasteiger partial charge in [0, 0.05) is 49.0 Å². The van der Waals surface area contributed by atoms with Gasteiger partial charge in [-0.05, 0) is 35.9 Å². The zero-order valence-electron chi connectivity index (χ0n) is 12.9. The maximum Gasteiger partial charge on any atom is 0.253 e. The van der Waals surface area contributed by atoms with Gasteiger partial charge in [0.05, 0.1) is 0 Å². The molecule has 23 heavy (non-hydrogen) atoms. The van der Waals surface area contributed by atoms with Gasteiger partial charge in [0.1, 0.15) is 0 Å². The summed E-state index contributed by atoms with van der Waals surface area (Å²) < 4.78 is 0. The van der Waals surface area contributed by atoms with Crippen LogP contribution in [0.5, 0.6) is 0 Å². The monoisotopic (exact) mass is 329 g/mol.